The van der Waals surface area contributed by atoms with Crippen molar-refractivity contribution in [3.63, 3.8) is 0 Å². The summed E-state index contributed by atoms with van der Waals surface area (Å²) >= 11 is 0. The molecule has 0 aliphatic rings. The molecule has 0 radical (unpaired) electrons. The van der Waals surface area contributed by atoms with Crippen molar-refractivity contribution >= 4 is 24.2 Å². The minimum absolute atomic E-state index is 0.231. The van der Waals surface area contributed by atoms with Crippen molar-refractivity contribution in [1.29, 1.82) is 0 Å². The standard InChI is InChI=1S/C14H22FNO4SSi/c1-14(2,3)22(5,6)16-21(18,19)12-8-7-10(15)9-11(12)13(17)20-4/h7-9,16H,1-6H3. The van der Waals surface area contributed by atoms with E-state index < -0.39 is 30.0 Å². The summed E-state index contributed by atoms with van der Waals surface area (Å²) in [6.45, 7) is 9.62. The number of hydrogen-bond donors (Lipinski definition) is 1. The maximum Gasteiger partial charge on any atom is 0.339 e. The van der Waals surface area contributed by atoms with E-state index in [9.17, 15) is 17.6 Å². The van der Waals surface area contributed by atoms with Gasteiger partial charge in [0.2, 0.25) is 10.0 Å². The third-order valence-corrected chi connectivity index (χ3v) is 11.7. The molecule has 0 unspecified atom stereocenters. The number of benzene rings is 1. The van der Waals surface area contributed by atoms with Crippen molar-refractivity contribution in [1.82, 2.24) is 4.39 Å². The molecule has 1 N–H and O–H groups in total. The molecule has 1 aromatic carbocycles. The summed E-state index contributed by atoms with van der Waals surface area (Å²) in [5, 5.41) is -0.231. The number of ether oxygens (including phenoxy) is 1. The number of carbonyl (C=O) groups excluding carboxylic acids is 1. The lowest BCUT2D eigenvalue weighted by Gasteiger charge is -2.36. The highest BCUT2D eigenvalue weighted by atomic mass is 32.2. The van der Waals surface area contributed by atoms with Gasteiger partial charge in [0.1, 0.15) is 14.1 Å². The number of rotatable bonds is 4. The number of esters is 1. The number of sulfonamides is 1. The summed E-state index contributed by atoms with van der Waals surface area (Å²) in [4.78, 5) is 11.5. The maximum atomic E-state index is 13.3. The molecular weight excluding hydrogens is 325 g/mol. The molecule has 0 bridgehead atoms. The van der Waals surface area contributed by atoms with Gasteiger partial charge in [-0.1, -0.05) is 33.9 Å². The molecule has 0 spiro atoms. The van der Waals surface area contributed by atoms with E-state index in [0.29, 0.717) is 0 Å². The van der Waals surface area contributed by atoms with Crippen molar-refractivity contribution in [2.24, 2.45) is 0 Å². The maximum absolute atomic E-state index is 13.3. The lowest BCUT2D eigenvalue weighted by atomic mass is 10.2. The first-order chi connectivity index (χ1) is 9.82. The highest BCUT2D eigenvalue weighted by Gasteiger charge is 2.40. The summed E-state index contributed by atoms with van der Waals surface area (Å²) in [5.74, 6) is -1.60. The van der Waals surface area contributed by atoms with Crippen molar-refractivity contribution in [2.45, 2.75) is 43.8 Å². The van der Waals surface area contributed by atoms with Crippen LogP contribution in [0, 0.1) is 5.82 Å². The normalized spacial score (nSPS) is 13.0. The summed E-state index contributed by atoms with van der Waals surface area (Å²) < 4.78 is 45.9. The van der Waals surface area contributed by atoms with Gasteiger partial charge in [-0.2, -0.15) is 0 Å². The molecular formula is C14H22FNO4SSi. The van der Waals surface area contributed by atoms with Crippen molar-refractivity contribution in [3.05, 3.63) is 29.6 Å². The average molecular weight is 347 g/mol. The number of hydrogen-bond acceptors (Lipinski definition) is 4. The molecule has 0 aliphatic carbocycles. The summed E-state index contributed by atoms with van der Waals surface area (Å²) in [7, 11) is -5.23. The molecule has 0 fully saturated rings. The first-order valence-electron chi connectivity index (χ1n) is 6.74. The Morgan fingerprint density at radius 2 is 1.82 bits per heavy atom. The largest absolute Gasteiger partial charge is 0.465 e. The van der Waals surface area contributed by atoms with E-state index in [1.807, 2.05) is 33.9 Å². The summed E-state index contributed by atoms with van der Waals surface area (Å²) in [6.07, 6.45) is 0. The van der Waals surface area contributed by atoms with Crippen LogP contribution < -0.4 is 4.39 Å². The first-order valence-corrected chi connectivity index (χ1v) is 11.2. The lowest BCUT2D eigenvalue weighted by molar-refractivity contribution is 0.0595. The van der Waals surface area contributed by atoms with E-state index in [0.717, 1.165) is 25.3 Å². The summed E-state index contributed by atoms with van der Waals surface area (Å²) in [6, 6.07) is 2.95. The zero-order valence-corrected chi connectivity index (χ0v) is 15.5. The molecule has 1 aromatic rings. The number of halogens is 1. The Bertz CT molecular complexity index is 681. The van der Waals surface area contributed by atoms with Gasteiger partial charge < -0.3 is 4.74 Å². The van der Waals surface area contributed by atoms with E-state index >= 15 is 0 Å². The molecule has 0 aliphatic heterocycles. The minimum Gasteiger partial charge on any atom is -0.465 e. The molecule has 22 heavy (non-hydrogen) atoms. The third kappa shape index (κ3) is 3.93. The lowest BCUT2D eigenvalue weighted by Crippen LogP contribution is -2.54. The van der Waals surface area contributed by atoms with Crippen LogP contribution in [0.2, 0.25) is 18.1 Å². The van der Waals surface area contributed by atoms with Crippen LogP contribution in [0.4, 0.5) is 4.39 Å². The van der Waals surface area contributed by atoms with E-state index in [1.165, 1.54) is 0 Å². The van der Waals surface area contributed by atoms with Crippen LogP contribution in [-0.2, 0) is 14.8 Å². The van der Waals surface area contributed by atoms with Crippen molar-refractivity contribution < 1.29 is 22.3 Å². The fraction of sp³-hybridized carbons (Fsp3) is 0.500. The molecule has 1 rings (SSSR count). The zero-order valence-electron chi connectivity index (χ0n) is 13.7. The van der Waals surface area contributed by atoms with E-state index in [2.05, 4.69) is 9.12 Å². The van der Waals surface area contributed by atoms with Crippen LogP contribution in [0.1, 0.15) is 31.1 Å². The van der Waals surface area contributed by atoms with Crippen molar-refractivity contribution in [3.8, 4) is 0 Å². The molecule has 0 saturated heterocycles. The fourth-order valence-electron chi connectivity index (χ4n) is 1.55. The number of nitrogens with one attached hydrogen (secondary N) is 1. The second-order valence-electron chi connectivity index (χ2n) is 6.61. The van der Waals surface area contributed by atoms with Crippen molar-refractivity contribution in [2.75, 3.05) is 7.11 Å². The Labute approximate surface area is 132 Å². The molecule has 0 saturated carbocycles. The van der Waals surface area contributed by atoms with Gasteiger partial charge in [-0.25, -0.2) is 22.0 Å². The minimum atomic E-state index is -3.96. The molecule has 0 atom stereocenters. The van der Waals surface area contributed by atoms with Crippen LogP contribution in [0.3, 0.4) is 0 Å². The predicted molar refractivity (Wildman–Crippen MR) is 85.3 cm³/mol. The number of carbonyl (C=O) groups is 1. The second kappa shape index (κ2) is 6.09. The quantitative estimate of drug-likeness (QED) is 0.671. The van der Waals surface area contributed by atoms with Gasteiger partial charge in [0.25, 0.3) is 0 Å². The molecule has 124 valence electrons. The van der Waals surface area contributed by atoms with Crippen LogP contribution in [0.25, 0.3) is 0 Å². The number of methoxy groups -OCH3 is 1. The Kier molecular flexibility index (Phi) is 5.21. The summed E-state index contributed by atoms with van der Waals surface area (Å²) in [5.41, 5.74) is -0.311. The fourth-order valence-corrected chi connectivity index (χ4v) is 6.58. The SMILES string of the molecule is COC(=O)c1cc(F)ccc1S(=O)(=O)N[Si](C)(C)C(C)(C)C. The van der Waals surface area contributed by atoms with Gasteiger partial charge >= 0.3 is 5.97 Å². The highest BCUT2D eigenvalue weighted by molar-refractivity contribution is 7.91. The van der Waals surface area contributed by atoms with Gasteiger partial charge in [0.15, 0.2) is 0 Å². The van der Waals surface area contributed by atoms with Gasteiger partial charge in [-0.3, -0.25) is 0 Å². The average Bonchev–Trinajstić information content (AvgIpc) is 2.34. The molecule has 0 amide bonds. The Balaban J connectivity index is 3.39. The van der Waals surface area contributed by atoms with Crippen LogP contribution in [0.15, 0.2) is 23.1 Å². The molecule has 0 aromatic heterocycles. The van der Waals surface area contributed by atoms with Gasteiger partial charge in [-0.05, 0) is 23.2 Å². The molecule has 8 heteroatoms. The molecule has 0 heterocycles. The van der Waals surface area contributed by atoms with Gasteiger partial charge in [-0.15, -0.1) is 0 Å². The predicted octanol–water partition coefficient (Wildman–Crippen LogP) is 2.90. The third-order valence-electron chi connectivity index (χ3n) is 3.90. The Morgan fingerprint density at radius 3 is 2.27 bits per heavy atom. The van der Waals surface area contributed by atoms with E-state index in [4.69, 9.17) is 0 Å². The van der Waals surface area contributed by atoms with Crippen LogP contribution in [-0.4, -0.2) is 29.7 Å². The van der Waals surface area contributed by atoms with Crippen LogP contribution >= 0.6 is 0 Å². The van der Waals surface area contributed by atoms with E-state index in [-0.39, 0.29) is 15.5 Å². The monoisotopic (exact) mass is 347 g/mol. The van der Waals surface area contributed by atoms with Crippen LogP contribution in [0.5, 0.6) is 0 Å². The second-order valence-corrected chi connectivity index (χ2v) is 13.6. The topological polar surface area (TPSA) is 72.5 Å². The Hall–Kier alpha value is -1.25. The van der Waals surface area contributed by atoms with E-state index in [1.54, 1.807) is 0 Å². The Morgan fingerprint density at radius 1 is 1.27 bits per heavy atom. The van der Waals surface area contributed by atoms with Gasteiger partial charge in [0, 0.05) is 0 Å². The highest BCUT2D eigenvalue weighted by Crippen LogP contribution is 2.35. The van der Waals surface area contributed by atoms with Gasteiger partial charge in [0.05, 0.1) is 17.6 Å². The molecule has 5 nitrogen and oxygen atoms in total. The zero-order chi connectivity index (χ0) is 17.3. The first kappa shape index (κ1) is 18.8. The smallest absolute Gasteiger partial charge is 0.339 e.